The number of nitrogens with two attached hydrogens (primary N) is 1. The van der Waals surface area contributed by atoms with Crippen LogP contribution in [0, 0.1) is 5.41 Å². The molecule has 0 atom stereocenters. The number of nitrogen functional groups attached to an aromatic ring is 1. The lowest BCUT2D eigenvalue weighted by molar-refractivity contribution is 0.751. The number of hydrogen-bond acceptors (Lipinski definition) is 6. The average Bonchev–Trinajstić information content (AvgIpc) is 2.67. The maximum atomic E-state index is 8.00. The van der Waals surface area contributed by atoms with Crippen molar-refractivity contribution in [2.75, 3.05) is 12.3 Å². The zero-order valence-corrected chi connectivity index (χ0v) is 16.5. The van der Waals surface area contributed by atoms with Crippen molar-refractivity contribution in [1.82, 2.24) is 15.3 Å². The molecule has 0 aliphatic heterocycles. The molecule has 0 aliphatic carbocycles. The Bertz CT molecular complexity index is 978. The van der Waals surface area contributed by atoms with E-state index in [4.69, 9.17) is 11.1 Å². The minimum atomic E-state index is 0.305. The molecular formula is C19H20BrN7. The van der Waals surface area contributed by atoms with Crippen molar-refractivity contribution in [3.63, 3.8) is 0 Å². The van der Waals surface area contributed by atoms with Crippen molar-refractivity contribution in [3.8, 4) is 0 Å². The molecule has 2 aromatic heterocycles. The Morgan fingerprint density at radius 2 is 2.04 bits per heavy atom. The number of unbranched alkanes of at least 4 members (excludes halogenated alkanes) is 1. The molecule has 0 spiro atoms. The molecule has 4 N–H and O–H groups in total. The quantitative estimate of drug-likeness (QED) is 0.220. The number of azo groups is 1. The molecule has 8 heteroatoms. The molecule has 3 rings (SSSR count). The molecule has 0 saturated heterocycles. The van der Waals surface area contributed by atoms with Gasteiger partial charge in [0.15, 0.2) is 5.82 Å². The van der Waals surface area contributed by atoms with Crippen LogP contribution in [0.1, 0.15) is 25.5 Å². The van der Waals surface area contributed by atoms with E-state index in [1.54, 1.807) is 24.5 Å². The molecule has 0 bridgehead atoms. The summed E-state index contributed by atoms with van der Waals surface area (Å²) in [7, 11) is 0. The smallest absolute Gasteiger partial charge is 0.151 e. The van der Waals surface area contributed by atoms with E-state index in [9.17, 15) is 0 Å². The zero-order valence-electron chi connectivity index (χ0n) is 14.9. The number of anilines is 1. The standard InChI is InChI=1S/C19H20BrN7/c1-2-3-8-23-18(21)16-7-6-14(11-24-16)26-27-17-15-9-13(20)5-4-12(15)10-25-19(17)22/h4-7,9-11H,2-3,8H2,1H3,(H2,21,23)(H2,22,25)/b27-26+. The van der Waals surface area contributed by atoms with E-state index in [0.717, 1.165) is 34.6 Å². The number of fused-ring (bicyclic) bond motifs is 1. The van der Waals surface area contributed by atoms with E-state index in [1.165, 1.54) is 0 Å². The van der Waals surface area contributed by atoms with Crippen LogP contribution in [0.3, 0.4) is 0 Å². The fourth-order valence-electron chi connectivity index (χ4n) is 2.47. The lowest BCUT2D eigenvalue weighted by Gasteiger charge is -2.06. The van der Waals surface area contributed by atoms with Gasteiger partial charge in [0.2, 0.25) is 0 Å². The summed E-state index contributed by atoms with van der Waals surface area (Å²) >= 11 is 3.46. The molecule has 7 nitrogen and oxygen atoms in total. The lowest BCUT2D eigenvalue weighted by atomic mass is 10.1. The topological polar surface area (TPSA) is 112 Å². The highest BCUT2D eigenvalue weighted by Crippen LogP contribution is 2.33. The Labute approximate surface area is 165 Å². The highest BCUT2D eigenvalue weighted by atomic mass is 79.9. The van der Waals surface area contributed by atoms with Gasteiger partial charge >= 0.3 is 0 Å². The summed E-state index contributed by atoms with van der Waals surface area (Å²) in [4.78, 5) is 8.45. The first kappa shape index (κ1) is 18.9. The molecule has 3 aromatic rings. The number of halogens is 1. The highest BCUT2D eigenvalue weighted by Gasteiger charge is 2.07. The lowest BCUT2D eigenvalue weighted by Crippen LogP contribution is -2.25. The van der Waals surface area contributed by atoms with Crippen LogP contribution in [0.5, 0.6) is 0 Å². The second-order valence-electron chi connectivity index (χ2n) is 5.98. The van der Waals surface area contributed by atoms with Crippen molar-refractivity contribution in [1.29, 1.82) is 5.41 Å². The van der Waals surface area contributed by atoms with E-state index in [1.807, 2.05) is 18.2 Å². The van der Waals surface area contributed by atoms with Crippen LogP contribution in [0.4, 0.5) is 17.2 Å². The Kier molecular flexibility index (Phi) is 6.08. The fraction of sp³-hybridized carbons (Fsp3) is 0.211. The number of nitrogens with one attached hydrogen (secondary N) is 2. The minimum Gasteiger partial charge on any atom is -0.382 e. The highest BCUT2D eigenvalue weighted by molar-refractivity contribution is 9.10. The largest absolute Gasteiger partial charge is 0.382 e. The van der Waals surface area contributed by atoms with Crippen LogP contribution in [0.15, 0.2) is 57.4 Å². The van der Waals surface area contributed by atoms with E-state index >= 15 is 0 Å². The van der Waals surface area contributed by atoms with Gasteiger partial charge in [-0.15, -0.1) is 10.2 Å². The molecule has 138 valence electrons. The Balaban J connectivity index is 1.80. The van der Waals surface area contributed by atoms with Crippen LogP contribution >= 0.6 is 15.9 Å². The zero-order chi connectivity index (χ0) is 19.2. The molecule has 0 unspecified atom stereocenters. The second kappa shape index (κ2) is 8.68. The third kappa shape index (κ3) is 4.65. The predicted molar refractivity (Wildman–Crippen MR) is 112 cm³/mol. The first-order valence-corrected chi connectivity index (χ1v) is 9.42. The van der Waals surface area contributed by atoms with Gasteiger partial charge < -0.3 is 11.1 Å². The van der Waals surface area contributed by atoms with Gasteiger partial charge in [-0.25, -0.2) is 4.98 Å². The number of amidine groups is 1. The van der Waals surface area contributed by atoms with Crippen molar-refractivity contribution in [2.45, 2.75) is 19.8 Å². The number of rotatable bonds is 6. The SMILES string of the molecule is CCCCNC(=N)c1ccc(/N=N/c2c(N)ncc3ccc(Br)cc23)cn1. The second-order valence-corrected chi connectivity index (χ2v) is 6.90. The number of aromatic nitrogens is 2. The van der Waals surface area contributed by atoms with Crippen LogP contribution < -0.4 is 11.1 Å². The summed E-state index contributed by atoms with van der Waals surface area (Å²) in [5, 5.41) is 21.4. The summed E-state index contributed by atoms with van der Waals surface area (Å²) in [6, 6.07) is 9.33. The first-order valence-electron chi connectivity index (χ1n) is 8.63. The maximum absolute atomic E-state index is 8.00. The Hall–Kier alpha value is -2.87. The van der Waals surface area contributed by atoms with Crippen LogP contribution in [0.2, 0.25) is 0 Å². The van der Waals surface area contributed by atoms with E-state index in [0.29, 0.717) is 28.7 Å². The van der Waals surface area contributed by atoms with E-state index in [-0.39, 0.29) is 0 Å². The van der Waals surface area contributed by atoms with E-state index < -0.39 is 0 Å². The van der Waals surface area contributed by atoms with Crippen molar-refractivity contribution in [3.05, 3.63) is 52.9 Å². The normalized spacial score (nSPS) is 11.2. The average molecular weight is 426 g/mol. The van der Waals surface area contributed by atoms with Gasteiger partial charge in [-0.2, -0.15) is 0 Å². The maximum Gasteiger partial charge on any atom is 0.151 e. The summed E-state index contributed by atoms with van der Waals surface area (Å²) in [5.74, 6) is 0.620. The first-order chi connectivity index (χ1) is 13.1. The molecule has 0 radical (unpaired) electrons. The van der Waals surface area contributed by atoms with Crippen LogP contribution in [-0.4, -0.2) is 22.3 Å². The minimum absolute atomic E-state index is 0.305. The molecule has 2 heterocycles. The van der Waals surface area contributed by atoms with Gasteiger partial charge in [-0.3, -0.25) is 10.4 Å². The number of hydrogen-bond donors (Lipinski definition) is 3. The van der Waals surface area contributed by atoms with Gasteiger partial charge in [-0.05, 0) is 30.7 Å². The summed E-state index contributed by atoms with van der Waals surface area (Å²) in [6.07, 6.45) is 5.39. The third-order valence-electron chi connectivity index (χ3n) is 3.96. The number of nitrogens with zero attached hydrogens (tertiary/aromatic N) is 4. The molecule has 0 saturated carbocycles. The summed E-state index contributed by atoms with van der Waals surface area (Å²) in [6.45, 7) is 2.88. The fourth-order valence-corrected chi connectivity index (χ4v) is 2.83. The Morgan fingerprint density at radius 1 is 1.19 bits per heavy atom. The van der Waals surface area contributed by atoms with Crippen LogP contribution in [-0.2, 0) is 0 Å². The van der Waals surface area contributed by atoms with Gasteiger partial charge in [0.25, 0.3) is 0 Å². The monoisotopic (exact) mass is 425 g/mol. The predicted octanol–water partition coefficient (Wildman–Crippen LogP) is 5.10. The van der Waals surface area contributed by atoms with Gasteiger partial charge in [0.05, 0.1) is 6.20 Å². The molecule has 27 heavy (non-hydrogen) atoms. The Morgan fingerprint density at radius 3 is 2.78 bits per heavy atom. The van der Waals surface area contributed by atoms with Crippen molar-refractivity contribution >= 4 is 49.7 Å². The summed E-state index contributed by atoms with van der Waals surface area (Å²) < 4.78 is 0.928. The van der Waals surface area contributed by atoms with Gasteiger partial charge in [0, 0.05) is 28.0 Å². The molecule has 0 amide bonds. The number of pyridine rings is 2. The van der Waals surface area contributed by atoms with Crippen molar-refractivity contribution in [2.24, 2.45) is 10.2 Å². The van der Waals surface area contributed by atoms with Crippen molar-refractivity contribution < 1.29 is 0 Å². The molecule has 1 aromatic carbocycles. The molecule has 0 aliphatic rings. The number of benzene rings is 1. The van der Waals surface area contributed by atoms with Gasteiger partial charge in [-0.1, -0.05) is 35.3 Å². The third-order valence-corrected chi connectivity index (χ3v) is 4.45. The molecule has 0 fully saturated rings. The van der Waals surface area contributed by atoms with E-state index in [2.05, 4.69) is 48.4 Å². The van der Waals surface area contributed by atoms with Crippen LogP contribution in [0.25, 0.3) is 10.8 Å². The molecular weight excluding hydrogens is 406 g/mol. The summed E-state index contributed by atoms with van der Waals surface area (Å²) in [5.41, 5.74) is 7.66. The van der Waals surface area contributed by atoms with Gasteiger partial charge in [0.1, 0.15) is 22.9 Å².